The van der Waals surface area contributed by atoms with Crippen molar-refractivity contribution in [3.8, 4) is 0 Å². The lowest BCUT2D eigenvalue weighted by atomic mass is 9.84. The molecule has 0 aromatic heterocycles. The van der Waals surface area contributed by atoms with Gasteiger partial charge in [-0.25, -0.2) is 0 Å². The van der Waals surface area contributed by atoms with Crippen molar-refractivity contribution in [2.45, 2.75) is 25.8 Å². The largest absolute Gasteiger partial charge is 0.398 e. The van der Waals surface area contributed by atoms with Gasteiger partial charge >= 0.3 is 0 Å². The third-order valence-electron chi connectivity index (χ3n) is 2.83. The molecule has 0 unspecified atom stereocenters. The molecule has 0 fully saturated rings. The summed E-state index contributed by atoms with van der Waals surface area (Å²) in [5, 5.41) is 3.49. The smallest absolute Gasteiger partial charge is 0.0381 e. The summed E-state index contributed by atoms with van der Waals surface area (Å²) in [6.45, 7) is 5.42. The molecule has 2 rings (SSSR count). The van der Waals surface area contributed by atoms with Gasteiger partial charge in [-0.2, -0.15) is 0 Å². The summed E-state index contributed by atoms with van der Waals surface area (Å²) in [6.07, 6.45) is 1.05. The molecule has 0 aliphatic carbocycles. The highest BCUT2D eigenvalue weighted by Gasteiger charge is 2.27. The Kier molecular flexibility index (Phi) is 1.81. The van der Waals surface area contributed by atoms with Gasteiger partial charge in [0.2, 0.25) is 0 Å². The second-order valence-electron chi connectivity index (χ2n) is 4.18. The zero-order valence-corrected chi connectivity index (χ0v) is 8.22. The number of anilines is 1. The lowest BCUT2D eigenvalue weighted by molar-refractivity contribution is 0.383. The molecule has 0 radical (unpaired) electrons. The summed E-state index contributed by atoms with van der Waals surface area (Å²) < 4.78 is 0. The zero-order valence-electron chi connectivity index (χ0n) is 8.22. The molecule has 13 heavy (non-hydrogen) atoms. The van der Waals surface area contributed by atoms with Gasteiger partial charge in [0, 0.05) is 17.8 Å². The predicted molar refractivity (Wildman–Crippen MR) is 55.6 cm³/mol. The van der Waals surface area contributed by atoms with Crippen molar-refractivity contribution in [2.75, 3.05) is 12.3 Å². The van der Waals surface area contributed by atoms with Crippen LogP contribution in [0.4, 0.5) is 5.69 Å². The number of hydrogen-bond donors (Lipinski definition) is 2. The lowest BCUT2D eigenvalue weighted by Crippen LogP contribution is -2.42. The van der Waals surface area contributed by atoms with Crippen LogP contribution in [0, 0.1) is 0 Å². The number of benzene rings is 1. The molecule has 0 saturated heterocycles. The Hall–Kier alpha value is -1.02. The molecule has 0 bridgehead atoms. The van der Waals surface area contributed by atoms with Gasteiger partial charge in [-0.15, -0.1) is 0 Å². The molecule has 0 saturated carbocycles. The van der Waals surface area contributed by atoms with Crippen molar-refractivity contribution < 1.29 is 0 Å². The zero-order chi connectivity index (χ0) is 9.47. The molecule has 2 heteroatoms. The molecule has 0 atom stereocenters. The summed E-state index contributed by atoms with van der Waals surface area (Å²) in [4.78, 5) is 0. The van der Waals surface area contributed by atoms with Gasteiger partial charge in [0.05, 0.1) is 0 Å². The SMILES string of the molecule is CC1(C)NCCc2c(N)cccc21. The van der Waals surface area contributed by atoms with Crippen molar-refractivity contribution >= 4 is 5.69 Å². The van der Waals surface area contributed by atoms with E-state index in [1.54, 1.807) is 0 Å². The Morgan fingerprint density at radius 3 is 2.85 bits per heavy atom. The second kappa shape index (κ2) is 2.74. The summed E-state index contributed by atoms with van der Waals surface area (Å²) in [7, 11) is 0. The number of rotatable bonds is 0. The molecular weight excluding hydrogens is 160 g/mol. The molecule has 1 aromatic rings. The van der Waals surface area contributed by atoms with Crippen molar-refractivity contribution in [3.63, 3.8) is 0 Å². The normalized spacial score (nSPS) is 19.5. The quantitative estimate of drug-likeness (QED) is 0.590. The first-order chi connectivity index (χ1) is 6.11. The van der Waals surface area contributed by atoms with E-state index < -0.39 is 0 Å². The Balaban J connectivity index is 2.58. The molecule has 1 aliphatic heterocycles. The minimum atomic E-state index is 0.0724. The van der Waals surface area contributed by atoms with E-state index in [1.165, 1.54) is 11.1 Å². The fourth-order valence-corrected chi connectivity index (χ4v) is 2.06. The number of fused-ring (bicyclic) bond motifs is 1. The monoisotopic (exact) mass is 176 g/mol. The van der Waals surface area contributed by atoms with E-state index in [2.05, 4.69) is 25.2 Å². The molecule has 1 aliphatic rings. The van der Waals surface area contributed by atoms with Crippen LogP contribution < -0.4 is 11.1 Å². The number of nitrogens with two attached hydrogens (primary N) is 1. The molecule has 3 N–H and O–H groups in total. The molecule has 2 nitrogen and oxygen atoms in total. The maximum Gasteiger partial charge on any atom is 0.0381 e. The van der Waals surface area contributed by atoms with E-state index in [9.17, 15) is 0 Å². The first-order valence-corrected chi connectivity index (χ1v) is 4.74. The minimum absolute atomic E-state index is 0.0724. The number of nitrogens with one attached hydrogen (secondary N) is 1. The average Bonchev–Trinajstić information content (AvgIpc) is 2.06. The Labute approximate surface area is 79.1 Å². The van der Waals surface area contributed by atoms with Gasteiger partial charge < -0.3 is 11.1 Å². The maximum atomic E-state index is 5.93. The summed E-state index contributed by atoms with van der Waals surface area (Å²) >= 11 is 0. The first kappa shape index (κ1) is 8.57. The molecule has 1 heterocycles. The van der Waals surface area contributed by atoms with Crippen LogP contribution in [0.1, 0.15) is 25.0 Å². The molecule has 1 aromatic carbocycles. The predicted octanol–water partition coefficient (Wildman–Crippen LogP) is 1.65. The Bertz CT molecular complexity index is 329. The van der Waals surface area contributed by atoms with Gasteiger partial charge in [-0.3, -0.25) is 0 Å². The van der Waals surface area contributed by atoms with Gasteiger partial charge in [-0.05, 0) is 37.5 Å². The summed E-state index contributed by atoms with van der Waals surface area (Å²) in [5.74, 6) is 0. The standard InChI is InChI=1S/C11H16N2/c1-11(2)9-4-3-5-10(12)8(9)6-7-13-11/h3-5,13H,6-7,12H2,1-2H3. The topological polar surface area (TPSA) is 38.0 Å². The number of nitrogen functional groups attached to an aromatic ring is 1. The third kappa shape index (κ3) is 1.31. The lowest BCUT2D eigenvalue weighted by Gasteiger charge is -2.34. The van der Waals surface area contributed by atoms with Crippen molar-refractivity contribution in [3.05, 3.63) is 29.3 Å². The van der Waals surface area contributed by atoms with E-state index in [0.29, 0.717) is 0 Å². The number of hydrogen-bond acceptors (Lipinski definition) is 2. The van der Waals surface area contributed by atoms with Crippen LogP contribution in [-0.4, -0.2) is 6.54 Å². The summed E-state index contributed by atoms with van der Waals surface area (Å²) in [5.41, 5.74) is 9.62. The fraction of sp³-hybridized carbons (Fsp3) is 0.455. The van der Waals surface area contributed by atoms with Crippen LogP contribution in [0.3, 0.4) is 0 Å². The third-order valence-corrected chi connectivity index (χ3v) is 2.83. The molecule has 0 spiro atoms. The highest BCUT2D eigenvalue weighted by molar-refractivity contribution is 5.54. The van der Waals surface area contributed by atoms with Gasteiger partial charge in [0.15, 0.2) is 0 Å². The van der Waals surface area contributed by atoms with Crippen LogP contribution in [0.5, 0.6) is 0 Å². The van der Waals surface area contributed by atoms with E-state index in [4.69, 9.17) is 5.73 Å². The molecule has 0 amide bonds. The first-order valence-electron chi connectivity index (χ1n) is 4.74. The van der Waals surface area contributed by atoms with Crippen LogP contribution in [-0.2, 0) is 12.0 Å². The van der Waals surface area contributed by atoms with Crippen molar-refractivity contribution in [1.82, 2.24) is 5.32 Å². The van der Waals surface area contributed by atoms with Gasteiger partial charge in [0.1, 0.15) is 0 Å². The second-order valence-corrected chi connectivity index (χ2v) is 4.18. The van der Waals surface area contributed by atoms with Crippen LogP contribution in [0.2, 0.25) is 0 Å². The van der Waals surface area contributed by atoms with E-state index in [-0.39, 0.29) is 5.54 Å². The minimum Gasteiger partial charge on any atom is -0.398 e. The van der Waals surface area contributed by atoms with Gasteiger partial charge in [0.25, 0.3) is 0 Å². The van der Waals surface area contributed by atoms with Crippen molar-refractivity contribution in [1.29, 1.82) is 0 Å². The van der Waals surface area contributed by atoms with Crippen LogP contribution in [0.15, 0.2) is 18.2 Å². The Morgan fingerprint density at radius 1 is 1.38 bits per heavy atom. The summed E-state index contributed by atoms with van der Waals surface area (Å²) in [6, 6.07) is 6.18. The Morgan fingerprint density at radius 2 is 2.15 bits per heavy atom. The van der Waals surface area contributed by atoms with E-state index in [0.717, 1.165) is 18.7 Å². The van der Waals surface area contributed by atoms with Crippen LogP contribution >= 0.6 is 0 Å². The highest BCUT2D eigenvalue weighted by Crippen LogP contribution is 2.30. The fourth-order valence-electron chi connectivity index (χ4n) is 2.06. The maximum absolute atomic E-state index is 5.93. The van der Waals surface area contributed by atoms with E-state index in [1.807, 2.05) is 12.1 Å². The van der Waals surface area contributed by atoms with Crippen LogP contribution in [0.25, 0.3) is 0 Å². The highest BCUT2D eigenvalue weighted by atomic mass is 15.0. The van der Waals surface area contributed by atoms with E-state index >= 15 is 0 Å². The van der Waals surface area contributed by atoms with Gasteiger partial charge in [-0.1, -0.05) is 12.1 Å². The average molecular weight is 176 g/mol. The van der Waals surface area contributed by atoms with Crippen molar-refractivity contribution in [2.24, 2.45) is 0 Å². The molecule has 70 valence electrons. The molecular formula is C11H16N2.